The van der Waals surface area contributed by atoms with Crippen molar-refractivity contribution in [1.82, 2.24) is 5.32 Å². The number of nitrogens with one attached hydrogen (secondary N) is 1. The van der Waals surface area contributed by atoms with Gasteiger partial charge in [-0.3, -0.25) is 4.79 Å². The maximum absolute atomic E-state index is 11.2. The van der Waals surface area contributed by atoms with Gasteiger partial charge in [0.25, 0.3) is 0 Å². The highest BCUT2D eigenvalue weighted by atomic mass is 79.9. The molecule has 1 aliphatic carbocycles. The molecule has 1 atom stereocenters. The molecule has 0 aromatic rings. The lowest BCUT2D eigenvalue weighted by atomic mass is 9.83. The van der Waals surface area contributed by atoms with Gasteiger partial charge < -0.3 is 10.1 Å². The van der Waals surface area contributed by atoms with E-state index < -0.39 is 0 Å². The third kappa shape index (κ3) is 5.38. The molecule has 1 fully saturated rings. The molecule has 0 spiro atoms. The number of esters is 1. The lowest BCUT2D eigenvalue weighted by Gasteiger charge is -2.29. The van der Waals surface area contributed by atoms with E-state index in [1.807, 2.05) is 0 Å². The maximum atomic E-state index is 11.2. The summed E-state index contributed by atoms with van der Waals surface area (Å²) in [6, 6.07) is 0.577. The minimum Gasteiger partial charge on any atom is -0.468 e. The molecule has 0 heterocycles. The molecule has 4 heteroatoms. The SMILES string of the molecule is CCCC1CCC(NCC(Br)C(=O)OC)CC1. The zero-order chi connectivity index (χ0) is 12.7. The fraction of sp³-hybridized carbons (Fsp3) is 0.923. The van der Waals surface area contributed by atoms with Crippen LogP contribution in [0, 0.1) is 5.92 Å². The summed E-state index contributed by atoms with van der Waals surface area (Å²) in [6.07, 6.45) is 7.81. The fourth-order valence-corrected chi connectivity index (χ4v) is 2.92. The molecule has 1 N–H and O–H groups in total. The van der Waals surface area contributed by atoms with Gasteiger partial charge in [0, 0.05) is 12.6 Å². The normalized spacial score (nSPS) is 26.5. The van der Waals surface area contributed by atoms with Gasteiger partial charge in [0.1, 0.15) is 4.83 Å². The molecule has 0 aliphatic heterocycles. The molecular weight excluding hydrogens is 282 g/mol. The summed E-state index contributed by atoms with van der Waals surface area (Å²) in [6.45, 7) is 2.92. The molecule has 17 heavy (non-hydrogen) atoms. The Hall–Kier alpha value is -0.0900. The average molecular weight is 306 g/mol. The zero-order valence-corrected chi connectivity index (χ0v) is 12.5. The van der Waals surface area contributed by atoms with Crippen LogP contribution in [0.1, 0.15) is 45.4 Å². The van der Waals surface area contributed by atoms with Gasteiger partial charge >= 0.3 is 5.97 Å². The Labute approximate surface area is 113 Å². The van der Waals surface area contributed by atoms with Crippen LogP contribution in [-0.2, 0) is 9.53 Å². The third-order valence-corrected chi connectivity index (χ3v) is 4.28. The van der Waals surface area contributed by atoms with Gasteiger partial charge in [-0.15, -0.1) is 0 Å². The van der Waals surface area contributed by atoms with Crippen molar-refractivity contribution >= 4 is 21.9 Å². The number of hydrogen-bond donors (Lipinski definition) is 1. The summed E-state index contributed by atoms with van der Waals surface area (Å²) in [5.41, 5.74) is 0. The standard InChI is InChI=1S/C13H24BrNO2/c1-3-4-10-5-7-11(8-6-10)15-9-12(14)13(16)17-2/h10-12,15H,3-9H2,1-2H3. The molecule has 0 radical (unpaired) electrons. The molecule has 0 saturated heterocycles. The van der Waals surface area contributed by atoms with E-state index in [0.29, 0.717) is 12.6 Å². The second kappa shape index (κ2) is 8.09. The predicted octanol–water partition coefficient (Wildman–Crippen LogP) is 2.87. The van der Waals surface area contributed by atoms with Gasteiger partial charge in [-0.25, -0.2) is 0 Å². The van der Waals surface area contributed by atoms with Gasteiger partial charge in [0.05, 0.1) is 7.11 Å². The average Bonchev–Trinajstić information content (AvgIpc) is 2.37. The Morgan fingerprint density at radius 2 is 2.06 bits per heavy atom. The Kier molecular flexibility index (Phi) is 7.12. The molecule has 1 saturated carbocycles. The van der Waals surface area contributed by atoms with Gasteiger partial charge in [-0.2, -0.15) is 0 Å². The number of rotatable bonds is 6. The molecule has 100 valence electrons. The number of carbonyl (C=O) groups is 1. The van der Waals surface area contributed by atoms with Crippen LogP contribution in [0.2, 0.25) is 0 Å². The molecule has 1 aliphatic rings. The minimum absolute atomic E-state index is 0.197. The number of methoxy groups -OCH3 is 1. The van der Waals surface area contributed by atoms with Gasteiger partial charge in [0.2, 0.25) is 0 Å². The van der Waals surface area contributed by atoms with Crippen molar-refractivity contribution in [2.24, 2.45) is 5.92 Å². The first-order valence-corrected chi connectivity index (χ1v) is 7.54. The van der Waals surface area contributed by atoms with E-state index in [1.165, 1.54) is 45.6 Å². The van der Waals surface area contributed by atoms with Crippen LogP contribution in [0.15, 0.2) is 0 Å². The van der Waals surface area contributed by atoms with Crippen molar-refractivity contribution < 1.29 is 9.53 Å². The first kappa shape index (κ1) is 15.0. The monoisotopic (exact) mass is 305 g/mol. The molecule has 0 aromatic carbocycles. The lowest BCUT2D eigenvalue weighted by Crippen LogP contribution is -2.39. The first-order valence-electron chi connectivity index (χ1n) is 6.62. The van der Waals surface area contributed by atoms with Crippen molar-refractivity contribution in [2.75, 3.05) is 13.7 Å². The summed E-state index contributed by atoms with van der Waals surface area (Å²) in [7, 11) is 1.42. The molecule has 3 nitrogen and oxygen atoms in total. The largest absolute Gasteiger partial charge is 0.468 e. The Morgan fingerprint density at radius 1 is 1.41 bits per heavy atom. The van der Waals surface area contributed by atoms with Crippen LogP contribution >= 0.6 is 15.9 Å². The van der Waals surface area contributed by atoms with E-state index in [-0.39, 0.29) is 10.8 Å². The van der Waals surface area contributed by atoms with Crippen molar-refractivity contribution in [3.8, 4) is 0 Å². The molecule has 0 amide bonds. The summed E-state index contributed by atoms with van der Waals surface area (Å²) in [4.78, 5) is 11.0. The summed E-state index contributed by atoms with van der Waals surface area (Å²) < 4.78 is 4.68. The minimum atomic E-state index is -0.221. The summed E-state index contributed by atoms with van der Waals surface area (Å²) >= 11 is 3.33. The number of ether oxygens (including phenoxy) is 1. The molecular formula is C13H24BrNO2. The van der Waals surface area contributed by atoms with Crippen LogP contribution in [0.3, 0.4) is 0 Å². The van der Waals surface area contributed by atoms with E-state index in [2.05, 4.69) is 32.9 Å². The predicted molar refractivity (Wildman–Crippen MR) is 73.4 cm³/mol. The van der Waals surface area contributed by atoms with Crippen LogP contribution in [0.5, 0.6) is 0 Å². The maximum Gasteiger partial charge on any atom is 0.320 e. The van der Waals surface area contributed by atoms with Gasteiger partial charge in [-0.1, -0.05) is 35.7 Å². The van der Waals surface area contributed by atoms with E-state index >= 15 is 0 Å². The van der Waals surface area contributed by atoms with Crippen LogP contribution in [0.25, 0.3) is 0 Å². The van der Waals surface area contributed by atoms with E-state index in [0.717, 1.165) is 5.92 Å². The fourth-order valence-electron chi connectivity index (χ4n) is 2.54. The molecule has 1 unspecified atom stereocenters. The molecule has 0 aromatic heterocycles. The second-order valence-electron chi connectivity index (χ2n) is 4.91. The first-order chi connectivity index (χ1) is 8.17. The van der Waals surface area contributed by atoms with Crippen molar-refractivity contribution in [3.05, 3.63) is 0 Å². The van der Waals surface area contributed by atoms with E-state index in [4.69, 9.17) is 0 Å². The Morgan fingerprint density at radius 3 is 2.59 bits per heavy atom. The molecule has 1 rings (SSSR count). The van der Waals surface area contributed by atoms with Crippen LogP contribution in [-0.4, -0.2) is 30.5 Å². The topological polar surface area (TPSA) is 38.3 Å². The highest BCUT2D eigenvalue weighted by molar-refractivity contribution is 9.10. The lowest BCUT2D eigenvalue weighted by molar-refractivity contribution is -0.139. The highest BCUT2D eigenvalue weighted by Crippen LogP contribution is 2.27. The van der Waals surface area contributed by atoms with Crippen LogP contribution < -0.4 is 5.32 Å². The third-order valence-electron chi connectivity index (χ3n) is 3.59. The number of alkyl halides is 1. The van der Waals surface area contributed by atoms with Crippen molar-refractivity contribution in [3.63, 3.8) is 0 Å². The van der Waals surface area contributed by atoms with Crippen LogP contribution in [0.4, 0.5) is 0 Å². The number of halogens is 1. The summed E-state index contributed by atoms with van der Waals surface area (Å²) in [5.74, 6) is 0.732. The number of hydrogen-bond acceptors (Lipinski definition) is 3. The van der Waals surface area contributed by atoms with Crippen molar-refractivity contribution in [2.45, 2.75) is 56.3 Å². The van der Waals surface area contributed by atoms with E-state index in [9.17, 15) is 4.79 Å². The van der Waals surface area contributed by atoms with Gasteiger partial charge in [0.15, 0.2) is 0 Å². The summed E-state index contributed by atoms with van der Waals surface area (Å²) in [5, 5.41) is 3.45. The van der Waals surface area contributed by atoms with Crippen molar-refractivity contribution in [1.29, 1.82) is 0 Å². The quantitative estimate of drug-likeness (QED) is 0.606. The second-order valence-corrected chi connectivity index (χ2v) is 6.01. The molecule has 0 bridgehead atoms. The Balaban J connectivity index is 2.16. The van der Waals surface area contributed by atoms with E-state index in [1.54, 1.807) is 0 Å². The Bertz CT molecular complexity index is 227. The number of carbonyl (C=O) groups excluding carboxylic acids is 1. The highest BCUT2D eigenvalue weighted by Gasteiger charge is 2.22. The zero-order valence-electron chi connectivity index (χ0n) is 10.9. The van der Waals surface area contributed by atoms with Gasteiger partial charge in [-0.05, 0) is 31.6 Å². The smallest absolute Gasteiger partial charge is 0.320 e.